The molecule has 0 atom stereocenters. The number of hydrogen-bond donors (Lipinski definition) is 0. The standard InChI is InChI=1S/C19H16ClNO4S/c1-24-14-6-4-5-13(11-14)12-17-18(22)21(19(23)26-17)9-10-25-16-8-3-2-7-15(16)20/h2-8,11-12H,9-10H2,1H3/b17-12-. The SMILES string of the molecule is COc1cccc(/C=C2\SC(=O)N(CCOc3ccccc3Cl)C2=O)c1. The Balaban J connectivity index is 1.65. The lowest BCUT2D eigenvalue weighted by atomic mass is 10.2. The minimum atomic E-state index is -0.328. The number of carbonyl (C=O) groups excluding carboxylic acids is 2. The molecule has 2 aromatic carbocycles. The van der Waals surface area contributed by atoms with Gasteiger partial charge in [-0.25, -0.2) is 0 Å². The number of ether oxygens (including phenoxy) is 2. The molecule has 134 valence electrons. The second-order valence-electron chi connectivity index (χ2n) is 5.39. The van der Waals surface area contributed by atoms with Crippen LogP contribution in [-0.4, -0.2) is 36.3 Å². The molecule has 0 N–H and O–H groups in total. The quantitative estimate of drug-likeness (QED) is 0.682. The Morgan fingerprint density at radius 3 is 2.73 bits per heavy atom. The lowest BCUT2D eigenvalue weighted by Crippen LogP contribution is -2.32. The summed E-state index contributed by atoms with van der Waals surface area (Å²) in [6.45, 7) is 0.333. The number of thioether (sulfide) groups is 1. The Morgan fingerprint density at radius 2 is 1.96 bits per heavy atom. The molecule has 3 rings (SSSR count). The number of halogens is 1. The van der Waals surface area contributed by atoms with E-state index in [0.29, 0.717) is 21.4 Å². The van der Waals surface area contributed by atoms with Gasteiger partial charge in [0.15, 0.2) is 0 Å². The molecule has 1 heterocycles. The van der Waals surface area contributed by atoms with Gasteiger partial charge in [-0.3, -0.25) is 14.5 Å². The maximum atomic E-state index is 12.5. The van der Waals surface area contributed by atoms with Gasteiger partial charge in [0.2, 0.25) is 0 Å². The fourth-order valence-electron chi connectivity index (χ4n) is 2.38. The molecular weight excluding hydrogens is 374 g/mol. The Labute approximate surface area is 160 Å². The molecule has 0 saturated carbocycles. The lowest BCUT2D eigenvalue weighted by Gasteiger charge is -2.13. The second kappa shape index (κ2) is 8.29. The normalized spacial score (nSPS) is 15.6. The molecular formula is C19H16ClNO4S. The van der Waals surface area contributed by atoms with Crippen LogP contribution in [0.4, 0.5) is 4.79 Å². The average molecular weight is 390 g/mol. The van der Waals surface area contributed by atoms with E-state index in [0.717, 1.165) is 17.3 Å². The monoisotopic (exact) mass is 389 g/mol. The van der Waals surface area contributed by atoms with Crippen molar-refractivity contribution in [1.82, 2.24) is 4.90 Å². The summed E-state index contributed by atoms with van der Waals surface area (Å²) < 4.78 is 10.7. The van der Waals surface area contributed by atoms with Crippen LogP contribution >= 0.6 is 23.4 Å². The first kappa shape index (κ1) is 18.4. The number of methoxy groups -OCH3 is 1. The molecule has 0 radical (unpaired) electrons. The molecule has 2 amide bonds. The zero-order valence-corrected chi connectivity index (χ0v) is 15.5. The number of nitrogens with zero attached hydrogens (tertiary/aromatic N) is 1. The number of benzene rings is 2. The minimum absolute atomic E-state index is 0.158. The zero-order chi connectivity index (χ0) is 18.5. The summed E-state index contributed by atoms with van der Waals surface area (Å²) >= 11 is 6.93. The molecule has 1 saturated heterocycles. The molecule has 5 nitrogen and oxygen atoms in total. The summed E-state index contributed by atoms with van der Waals surface area (Å²) in [6.07, 6.45) is 1.68. The predicted octanol–water partition coefficient (Wildman–Crippen LogP) is 4.46. The van der Waals surface area contributed by atoms with Crippen molar-refractivity contribution < 1.29 is 19.1 Å². The predicted molar refractivity (Wildman–Crippen MR) is 103 cm³/mol. The van der Waals surface area contributed by atoms with Crippen LogP contribution in [0.2, 0.25) is 5.02 Å². The third kappa shape index (κ3) is 4.20. The number of rotatable bonds is 6. The van der Waals surface area contributed by atoms with Gasteiger partial charge in [-0.1, -0.05) is 35.9 Å². The van der Waals surface area contributed by atoms with E-state index >= 15 is 0 Å². The van der Waals surface area contributed by atoms with Crippen LogP contribution in [0.5, 0.6) is 11.5 Å². The highest BCUT2D eigenvalue weighted by molar-refractivity contribution is 8.18. The van der Waals surface area contributed by atoms with Crippen molar-refractivity contribution in [2.24, 2.45) is 0 Å². The van der Waals surface area contributed by atoms with Gasteiger partial charge in [-0.05, 0) is 47.7 Å². The van der Waals surface area contributed by atoms with E-state index < -0.39 is 0 Å². The molecule has 0 unspecified atom stereocenters. The Morgan fingerprint density at radius 1 is 1.15 bits per heavy atom. The Kier molecular flexibility index (Phi) is 5.85. The molecule has 0 aliphatic carbocycles. The third-order valence-electron chi connectivity index (χ3n) is 3.67. The van der Waals surface area contributed by atoms with E-state index in [1.165, 1.54) is 4.90 Å². The van der Waals surface area contributed by atoms with Gasteiger partial charge >= 0.3 is 0 Å². The molecule has 1 aliphatic heterocycles. The van der Waals surface area contributed by atoms with Crippen molar-refractivity contribution in [3.8, 4) is 11.5 Å². The first-order valence-electron chi connectivity index (χ1n) is 7.85. The maximum absolute atomic E-state index is 12.5. The smallest absolute Gasteiger partial charge is 0.293 e. The van der Waals surface area contributed by atoms with Crippen molar-refractivity contribution in [2.75, 3.05) is 20.3 Å². The van der Waals surface area contributed by atoms with Crippen LogP contribution in [0.25, 0.3) is 6.08 Å². The van der Waals surface area contributed by atoms with Gasteiger partial charge in [0, 0.05) is 0 Å². The van der Waals surface area contributed by atoms with E-state index in [2.05, 4.69) is 0 Å². The highest BCUT2D eigenvalue weighted by Crippen LogP contribution is 2.32. The fraction of sp³-hybridized carbons (Fsp3) is 0.158. The first-order chi connectivity index (χ1) is 12.6. The summed E-state index contributed by atoms with van der Waals surface area (Å²) in [5.41, 5.74) is 0.794. The summed E-state index contributed by atoms with van der Waals surface area (Å²) in [5, 5.41) is 0.173. The van der Waals surface area contributed by atoms with Crippen molar-refractivity contribution in [3.05, 3.63) is 64.0 Å². The summed E-state index contributed by atoms with van der Waals surface area (Å²) in [6, 6.07) is 14.3. The van der Waals surface area contributed by atoms with Crippen molar-refractivity contribution >= 4 is 40.6 Å². The molecule has 0 bridgehead atoms. The maximum Gasteiger partial charge on any atom is 0.293 e. The number of carbonyl (C=O) groups is 2. The summed E-state index contributed by atoms with van der Waals surface area (Å²) in [5.74, 6) is 0.879. The minimum Gasteiger partial charge on any atom is -0.497 e. The number of hydrogen-bond acceptors (Lipinski definition) is 5. The molecule has 0 spiro atoms. The average Bonchev–Trinajstić information content (AvgIpc) is 2.90. The van der Waals surface area contributed by atoms with E-state index in [4.69, 9.17) is 21.1 Å². The lowest BCUT2D eigenvalue weighted by molar-refractivity contribution is -0.123. The van der Waals surface area contributed by atoms with Crippen LogP contribution in [0, 0.1) is 0 Å². The largest absolute Gasteiger partial charge is 0.497 e. The second-order valence-corrected chi connectivity index (χ2v) is 6.79. The zero-order valence-electron chi connectivity index (χ0n) is 14.0. The molecule has 1 aliphatic rings. The van der Waals surface area contributed by atoms with Gasteiger partial charge < -0.3 is 9.47 Å². The highest BCUT2D eigenvalue weighted by atomic mass is 35.5. The summed E-state index contributed by atoms with van der Waals surface area (Å²) in [7, 11) is 1.58. The number of imide groups is 1. The number of para-hydroxylation sites is 1. The molecule has 0 aromatic heterocycles. The van der Waals surface area contributed by atoms with Crippen molar-refractivity contribution in [1.29, 1.82) is 0 Å². The van der Waals surface area contributed by atoms with Crippen LogP contribution in [0.3, 0.4) is 0 Å². The van der Waals surface area contributed by atoms with E-state index in [1.807, 2.05) is 18.2 Å². The van der Waals surface area contributed by atoms with Gasteiger partial charge in [0.1, 0.15) is 18.1 Å². The Hall–Kier alpha value is -2.44. The van der Waals surface area contributed by atoms with Gasteiger partial charge in [-0.2, -0.15) is 0 Å². The van der Waals surface area contributed by atoms with E-state index in [-0.39, 0.29) is 24.3 Å². The van der Waals surface area contributed by atoms with Gasteiger partial charge in [0.05, 0.1) is 23.6 Å². The van der Waals surface area contributed by atoms with Crippen LogP contribution in [0.1, 0.15) is 5.56 Å². The number of amides is 2. The van der Waals surface area contributed by atoms with Gasteiger partial charge in [-0.15, -0.1) is 0 Å². The van der Waals surface area contributed by atoms with E-state index in [9.17, 15) is 9.59 Å². The fourth-order valence-corrected chi connectivity index (χ4v) is 3.44. The molecule has 7 heteroatoms. The first-order valence-corrected chi connectivity index (χ1v) is 9.04. The molecule has 2 aromatic rings. The molecule has 26 heavy (non-hydrogen) atoms. The van der Waals surface area contributed by atoms with Crippen LogP contribution in [-0.2, 0) is 4.79 Å². The molecule has 1 fully saturated rings. The Bertz CT molecular complexity index is 868. The summed E-state index contributed by atoms with van der Waals surface area (Å²) in [4.78, 5) is 26.2. The third-order valence-corrected chi connectivity index (χ3v) is 4.89. The van der Waals surface area contributed by atoms with Crippen LogP contribution < -0.4 is 9.47 Å². The highest BCUT2D eigenvalue weighted by Gasteiger charge is 2.34. The van der Waals surface area contributed by atoms with Crippen LogP contribution in [0.15, 0.2) is 53.4 Å². The van der Waals surface area contributed by atoms with Crippen molar-refractivity contribution in [2.45, 2.75) is 0 Å². The van der Waals surface area contributed by atoms with E-state index in [1.54, 1.807) is 43.5 Å². The van der Waals surface area contributed by atoms with Gasteiger partial charge in [0.25, 0.3) is 11.1 Å². The topological polar surface area (TPSA) is 55.8 Å². The van der Waals surface area contributed by atoms with Crippen molar-refractivity contribution in [3.63, 3.8) is 0 Å².